The number of nitrogens with two attached hydrogens (primary N) is 1. The number of halogens is 1. The molecule has 0 aliphatic carbocycles. The lowest BCUT2D eigenvalue weighted by molar-refractivity contribution is 0.0976. The van der Waals surface area contributed by atoms with Crippen molar-refractivity contribution in [1.29, 1.82) is 0 Å². The van der Waals surface area contributed by atoms with Gasteiger partial charge in [0.1, 0.15) is 22.9 Å². The molecular weight excluding hydrogens is 549 g/mol. The van der Waals surface area contributed by atoms with Crippen molar-refractivity contribution in [2.75, 3.05) is 18.9 Å². The molecule has 0 bridgehead atoms. The topological polar surface area (TPSA) is 146 Å². The zero-order valence-corrected chi connectivity index (χ0v) is 23.4. The Labute approximate surface area is 237 Å². The number of nitrogens with one attached hydrogen (secondary N) is 1. The zero-order valence-electron chi connectivity index (χ0n) is 22.6. The van der Waals surface area contributed by atoms with Gasteiger partial charge in [-0.15, -0.1) is 0 Å². The van der Waals surface area contributed by atoms with Gasteiger partial charge in [0.05, 0.1) is 18.9 Å². The molecule has 3 aromatic heterocycles. The first-order valence-corrected chi connectivity index (χ1v) is 14.4. The second-order valence-corrected chi connectivity index (χ2v) is 11.2. The molecule has 4 aromatic rings. The number of pyridine rings is 3. The average Bonchev–Trinajstić information content (AvgIpc) is 2.94. The molecule has 1 amide bonds. The van der Waals surface area contributed by atoms with Crippen LogP contribution >= 0.6 is 0 Å². The van der Waals surface area contributed by atoms with Crippen molar-refractivity contribution in [3.63, 3.8) is 0 Å². The molecule has 214 valence electrons. The molecule has 0 unspecified atom stereocenters. The van der Waals surface area contributed by atoms with Crippen LogP contribution in [0.2, 0.25) is 0 Å². The fourth-order valence-corrected chi connectivity index (χ4v) is 4.68. The molecule has 4 rings (SSSR count). The predicted molar refractivity (Wildman–Crippen MR) is 151 cm³/mol. The Balaban J connectivity index is 1.61. The van der Waals surface area contributed by atoms with Crippen LogP contribution in [0, 0.1) is 11.7 Å². The first-order chi connectivity index (χ1) is 19.6. The van der Waals surface area contributed by atoms with Gasteiger partial charge in [0.25, 0.3) is 15.9 Å². The molecule has 3 N–H and O–H groups in total. The summed E-state index contributed by atoms with van der Waals surface area (Å²) >= 11 is 0. The van der Waals surface area contributed by atoms with E-state index in [1.54, 1.807) is 18.5 Å². The number of rotatable bonds is 12. The minimum absolute atomic E-state index is 0.0178. The Morgan fingerprint density at radius 3 is 2.61 bits per heavy atom. The van der Waals surface area contributed by atoms with Crippen molar-refractivity contribution < 1.29 is 27.1 Å². The number of aryl methyl sites for hydroxylation is 1. The van der Waals surface area contributed by atoms with Crippen molar-refractivity contribution in [1.82, 2.24) is 19.7 Å². The Bertz CT molecular complexity index is 1620. The van der Waals surface area contributed by atoms with Crippen LogP contribution in [0.25, 0.3) is 11.3 Å². The van der Waals surface area contributed by atoms with Crippen LogP contribution in [0.15, 0.2) is 78.1 Å². The van der Waals surface area contributed by atoms with Crippen molar-refractivity contribution in [2.24, 2.45) is 5.92 Å². The van der Waals surface area contributed by atoms with Gasteiger partial charge in [-0.25, -0.2) is 19.1 Å². The molecule has 3 heterocycles. The van der Waals surface area contributed by atoms with Crippen LogP contribution in [0.3, 0.4) is 0 Å². The number of amides is 1. The smallest absolute Gasteiger partial charge is 0.281 e. The summed E-state index contributed by atoms with van der Waals surface area (Å²) in [7, 11) is -4.34. The lowest BCUT2D eigenvalue weighted by Crippen LogP contribution is -2.31. The SMILES string of the molecule is CC(C)COc1cc(F)cc(-c2ccc(C(=O)NS(=O)(=O)c3cccc(N)n3)c(OCCCc3cccnc3)n2)c1. The summed E-state index contributed by atoms with van der Waals surface area (Å²) in [6.45, 7) is 4.52. The molecule has 10 nitrogen and oxygen atoms in total. The normalized spacial score (nSPS) is 11.3. The molecule has 0 spiro atoms. The second kappa shape index (κ2) is 13.2. The molecule has 1 aromatic carbocycles. The van der Waals surface area contributed by atoms with Gasteiger partial charge in [-0.3, -0.25) is 9.78 Å². The third kappa shape index (κ3) is 8.21. The van der Waals surface area contributed by atoms with E-state index in [-0.39, 0.29) is 29.8 Å². The Kier molecular flexibility index (Phi) is 9.45. The number of ether oxygens (including phenoxy) is 2. The van der Waals surface area contributed by atoms with E-state index in [0.717, 1.165) is 5.56 Å². The highest BCUT2D eigenvalue weighted by Gasteiger charge is 2.24. The van der Waals surface area contributed by atoms with Gasteiger partial charge in [-0.05, 0) is 66.8 Å². The van der Waals surface area contributed by atoms with Crippen LogP contribution in [-0.2, 0) is 16.4 Å². The number of nitrogens with zero attached hydrogens (tertiary/aromatic N) is 3. The third-order valence-electron chi connectivity index (χ3n) is 5.67. The summed E-state index contributed by atoms with van der Waals surface area (Å²) < 4.78 is 53.6. The van der Waals surface area contributed by atoms with Crippen molar-refractivity contribution >= 4 is 21.7 Å². The summed E-state index contributed by atoms with van der Waals surface area (Å²) in [5.41, 5.74) is 7.18. The van der Waals surface area contributed by atoms with Gasteiger partial charge < -0.3 is 15.2 Å². The predicted octanol–water partition coefficient (Wildman–Crippen LogP) is 4.43. The minimum atomic E-state index is -4.34. The zero-order chi connectivity index (χ0) is 29.4. The van der Waals surface area contributed by atoms with Crippen LogP contribution in [-0.4, -0.2) is 42.5 Å². The first kappa shape index (κ1) is 29.4. The van der Waals surface area contributed by atoms with Crippen LogP contribution in [0.1, 0.15) is 36.2 Å². The van der Waals surface area contributed by atoms with Gasteiger partial charge in [-0.1, -0.05) is 26.0 Å². The van der Waals surface area contributed by atoms with E-state index >= 15 is 0 Å². The van der Waals surface area contributed by atoms with E-state index in [0.29, 0.717) is 36.5 Å². The number of sulfonamides is 1. The fraction of sp³-hybridized carbons (Fsp3) is 0.241. The van der Waals surface area contributed by atoms with E-state index in [1.165, 1.54) is 42.5 Å². The van der Waals surface area contributed by atoms with Gasteiger partial charge in [0.2, 0.25) is 5.88 Å². The third-order valence-corrected chi connectivity index (χ3v) is 6.91. The van der Waals surface area contributed by atoms with Crippen LogP contribution in [0.5, 0.6) is 11.6 Å². The summed E-state index contributed by atoms with van der Waals surface area (Å²) in [5.74, 6) is -1.06. The number of hydrogen-bond donors (Lipinski definition) is 2. The molecule has 0 aliphatic heterocycles. The highest BCUT2D eigenvalue weighted by Crippen LogP contribution is 2.28. The summed E-state index contributed by atoms with van der Waals surface area (Å²) in [6, 6.07) is 14.9. The van der Waals surface area contributed by atoms with E-state index in [1.807, 2.05) is 30.7 Å². The van der Waals surface area contributed by atoms with E-state index in [9.17, 15) is 17.6 Å². The maximum atomic E-state index is 14.4. The van der Waals surface area contributed by atoms with Gasteiger partial charge in [0.15, 0.2) is 5.03 Å². The average molecular weight is 580 g/mol. The number of nitrogen functional groups attached to an aromatic ring is 1. The number of carbonyl (C=O) groups is 1. The molecule has 0 saturated heterocycles. The lowest BCUT2D eigenvalue weighted by atomic mass is 10.1. The van der Waals surface area contributed by atoms with E-state index in [2.05, 4.69) is 15.0 Å². The first-order valence-electron chi connectivity index (χ1n) is 12.9. The van der Waals surface area contributed by atoms with Crippen molar-refractivity contribution in [3.05, 3.63) is 90.0 Å². The summed E-state index contributed by atoms with van der Waals surface area (Å²) in [4.78, 5) is 25.5. The lowest BCUT2D eigenvalue weighted by Gasteiger charge is -2.14. The van der Waals surface area contributed by atoms with Crippen molar-refractivity contribution in [2.45, 2.75) is 31.7 Å². The molecule has 0 atom stereocenters. The highest BCUT2D eigenvalue weighted by molar-refractivity contribution is 7.90. The minimum Gasteiger partial charge on any atom is -0.493 e. The van der Waals surface area contributed by atoms with Gasteiger partial charge in [0, 0.05) is 24.0 Å². The number of benzene rings is 1. The maximum Gasteiger partial charge on any atom is 0.281 e. The maximum absolute atomic E-state index is 14.4. The molecular formula is C29H30FN5O5S. The number of aromatic nitrogens is 3. The Morgan fingerprint density at radius 2 is 1.88 bits per heavy atom. The molecule has 41 heavy (non-hydrogen) atoms. The van der Waals surface area contributed by atoms with Gasteiger partial charge >= 0.3 is 0 Å². The Morgan fingerprint density at radius 1 is 1.05 bits per heavy atom. The standard InChI is InChI=1S/C29H30FN5O5S/c1-19(2)18-40-23-15-21(14-22(30)16-23)25-11-10-24(28(36)35-41(37,38)27-9-3-8-26(31)34-27)29(33-25)39-13-5-7-20-6-4-12-32-17-20/h3-4,6,8-12,14-17,19H,5,7,13,18H2,1-2H3,(H2,31,34)(H,35,36). The largest absolute Gasteiger partial charge is 0.493 e. The van der Waals surface area contributed by atoms with E-state index in [4.69, 9.17) is 15.2 Å². The van der Waals surface area contributed by atoms with Crippen molar-refractivity contribution in [3.8, 4) is 22.9 Å². The molecule has 0 saturated carbocycles. The van der Waals surface area contributed by atoms with Crippen LogP contribution < -0.4 is 19.9 Å². The second-order valence-electron chi connectivity index (χ2n) is 9.58. The number of hydrogen-bond acceptors (Lipinski definition) is 9. The molecule has 12 heteroatoms. The summed E-state index contributed by atoms with van der Waals surface area (Å²) in [5, 5.41) is -0.414. The number of anilines is 1. The number of carbonyl (C=O) groups excluding carboxylic acids is 1. The summed E-state index contributed by atoms with van der Waals surface area (Å²) in [6.07, 6.45) is 4.65. The molecule has 0 radical (unpaired) electrons. The Hall–Kier alpha value is -4.58. The fourth-order valence-electron chi connectivity index (χ4n) is 3.74. The van der Waals surface area contributed by atoms with E-state index < -0.39 is 26.8 Å². The van der Waals surface area contributed by atoms with Crippen LogP contribution in [0.4, 0.5) is 10.2 Å². The quantitative estimate of drug-likeness (QED) is 0.233. The van der Waals surface area contributed by atoms with Gasteiger partial charge in [-0.2, -0.15) is 8.42 Å². The monoisotopic (exact) mass is 579 g/mol. The molecule has 0 fully saturated rings. The molecule has 0 aliphatic rings. The highest BCUT2D eigenvalue weighted by atomic mass is 32.2.